The third kappa shape index (κ3) is 2.55. The standard InChI is InChI=1S/C10H17/c1-9(2)7-8-10-5-3-4-6-10/h7H,3-6,8H2,1-2H3. The van der Waals surface area contributed by atoms with Crippen LogP contribution in [0.4, 0.5) is 0 Å². The zero-order valence-corrected chi connectivity index (χ0v) is 7.11. The quantitative estimate of drug-likeness (QED) is 0.511. The Labute approximate surface area is 64.3 Å². The Bertz CT molecular complexity index is 112. The fourth-order valence-corrected chi connectivity index (χ4v) is 1.43. The lowest BCUT2D eigenvalue weighted by molar-refractivity contribution is 0.853. The number of hydrogen-bond donors (Lipinski definition) is 0. The average Bonchev–Trinajstić information content (AvgIpc) is 2.34. The molecule has 0 atom stereocenters. The highest BCUT2D eigenvalue weighted by atomic mass is 14.2. The SMILES string of the molecule is CC(C)=CC[C]1CCCC1. The molecule has 0 heteroatoms. The summed E-state index contributed by atoms with van der Waals surface area (Å²) in [7, 11) is 0. The van der Waals surface area contributed by atoms with Crippen LogP contribution in [0, 0.1) is 5.92 Å². The van der Waals surface area contributed by atoms with E-state index in [-0.39, 0.29) is 0 Å². The summed E-state index contributed by atoms with van der Waals surface area (Å²) in [6.07, 6.45) is 9.26. The summed E-state index contributed by atoms with van der Waals surface area (Å²) in [6, 6.07) is 0. The second-order valence-corrected chi connectivity index (χ2v) is 3.44. The monoisotopic (exact) mass is 137 g/mol. The van der Waals surface area contributed by atoms with Crippen LogP contribution in [0.2, 0.25) is 0 Å². The molecule has 0 heterocycles. The molecule has 0 amide bonds. The Morgan fingerprint density at radius 3 is 2.40 bits per heavy atom. The fraction of sp³-hybridized carbons (Fsp3) is 0.700. The zero-order valence-electron chi connectivity index (χ0n) is 7.11. The highest BCUT2D eigenvalue weighted by Gasteiger charge is 2.13. The summed E-state index contributed by atoms with van der Waals surface area (Å²) in [4.78, 5) is 0. The largest absolute Gasteiger partial charge is 0.0853 e. The molecule has 0 bridgehead atoms. The second kappa shape index (κ2) is 3.80. The average molecular weight is 137 g/mol. The Kier molecular flexibility index (Phi) is 2.98. The molecule has 0 nitrogen and oxygen atoms in total. The summed E-state index contributed by atoms with van der Waals surface area (Å²) in [5, 5.41) is 0. The van der Waals surface area contributed by atoms with Crippen LogP contribution in [-0.4, -0.2) is 0 Å². The predicted molar refractivity (Wildman–Crippen MR) is 45.8 cm³/mol. The Balaban J connectivity index is 2.18. The second-order valence-electron chi connectivity index (χ2n) is 3.44. The van der Waals surface area contributed by atoms with E-state index >= 15 is 0 Å². The van der Waals surface area contributed by atoms with Crippen LogP contribution >= 0.6 is 0 Å². The lowest BCUT2D eigenvalue weighted by Crippen LogP contribution is -1.86. The normalized spacial score (nSPS) is 19.4. The van der Waals surface area contributed by atoms with Crippen LogP contribution in [0.15, 0.2) is 11.6 Å². The van der Waals surface area contributed by atoms with Gasteiger partial charge in [-0.25, -0.2) is 0 Å². The van der Waals surface area contributed by atoms with Crippen molar-refractivity contribution in [3.8, 4) is 0 Å². The first kappa shape index (κ1) is 7.84. The minimum absolute atomic E-state index is 1.25. The van der Waals surface area contributed by atoms with Crippen molar-refractivity contribution in [2.75, 3.05) is 0 Å². The first-order chi connectivity index (χ1) is 4.79. The topological polar surface area (TPSA) is 0 Å². The van der Waals surface area contributed by atoms with Gasteiger partial charge in [0.2, 0.25) is 0 Å². The Morgan fingerprint density at radius 1 is 1.30 bits per heavy atom. The molecule has 0 saturated heterocycles. The lowest BCUT2D eigenvalue weighted by atomic mass is 10.0. The van der Waals surface area contributed by atoms with Crippen LogP contribution < -0.4 is 0 Å². The van der Waals surface area contributed by atoms with Gasteiger partial charge in [0.15, 0.2) is 0 Å². The van der Waals surface area contributed by atoms with Gasteiger partial charge >= 0.3 is 0 Å². The van der Waals surface area contributed by atoms with E-state index in [9.17, 15) is 0 Å². The van der Waals surface area contributed by atoms with Crippen LogP contribution in [0.25, 0.3) is 0 Å². The Hall–Kier alpha value is -0.260. The van der Waals surface area contributed by atoms with Crippen molar-refractivity contribution in [2.45, 2.75) is 46.0 Å². The maximum absolute atomic E-state index is 2.35. The van der Waals surface area contributed by atoms with Gasteiger partial charge in [0.05, 0.1) is 0 Å². The molecule has 0 unspecified atom stereocenters. The van der Waals surface area contributed by atoms with E-state index in [1.54, 1.807) is 5.92 Å². The zero-order chi connectivity index (χ0) is 7.40. The summed E-state index contributed by atoms with van der Waals surface area (Å²) >= 11 is 0. The van der Waals surface area contributed by atoms with Gasteiger partial charge in [-0.2, -0.15) is 0 Å². The number of rotatable bonds is 2. The minimum atomic E-state index is 1.25. The van der Waals surface area contributed by atoms with Crippen LogP contribution in [0.5, 0.6) is 0 Å². The van der Waals surface area contributed by atoms with E-state index in [2.05, 4.69) is 19.9 Å². The van der Waals surface area contributed by atoms with Gasteiger partial charge in [0.1, 0.15) is 0 Å². The van der Waals surface area contributed by atoms with Crippen molar-refractivity contribution in [1.82, 2.24) is 0 Å². The smallest absolute Gasteiger partial charge is 0.0203 e. The molecule has 0 aromatic carbocycles. The third-order valence-corrected chi connectivity index (χ3v) is 2.11. The lowest BCUT2D eigenvalue weighted by Gasteiger charge is -2.02. The van der Waals surface area contributed by atoms with Crippen molar-refractivity contribution in [3.63, 3.8) is 0 Å². The Morgan fingerprint density at radius 2 is 1.90 bits per heavy atom. The number of hydrogen-bond acceptors (Lipinski definition) is 0. The maximum Gasteiger partial charge on any atom is -0.0203 e. The van der Waals surface area contributed by atoms with Crippen molar-refractivity contribution in [2.24, 2.45) is 0 Å². The molecule has 0 aromatic rings. The molecule has 57 valence electrons. The van der Waals surface area contributed by atoms with E-state index in [4.69, 9.17) is 0 Å². The molecule has 1 aliphatic rings. The molecule has 0 aromatic heterocycles. The van der Waals surface area contributed by atoms with E-state index in [1.807, 2.05) is 0 Å². The summed E-state index contributed by atoms with van der Waals surface area (Å²) < 4.78 is 0. The summed E-state index contributed by atoms with van der Waals surface area (Å²) in [5.74, 6) is 1.76. The molecule has 1 fully saturated rings. The van der Waals surface area contributed by atoms with Crippen molar-refractivity contribution < 1.29 is 0 Å². The van der Waals surface area contributed by atoms with Crippen molar-refractivity contribution in [3.05, 3.63) is 17.6 Å². The van der Waals surface area contributed by atoms with Gasteiger partial charge < -0.3 is 0 Å². The highest BCUT2D eigenvalue weighted by Crippen LogP contribution is 2.29. The van der Waals surface area contributed by atoms with Gasteiger partial charge in [0.25, 0.3) is 0 Å². The van der Waals surface area contributed by atoms with E-state index < -0.39 is 0 Å². The van der Waals surface area contributed by atoms with E-state index in [1.165, 1.54) is 37.7 Å². The molecule has 1 radical (unpaired) electrons. The maximum atomic E-state index is 2.35. The molecule has 0 spiro atoms. The summed E-state index contributed by atoms with van der Waals surface area (Å²) in [5.41, 5.74) is 1.46. The highest BCUT2D eigenvalue weighted by molar-refractivity contribution is 5.04. The molecular formula is C10H17. The summed E-state index contributed by atoms with van der Waals surface area (Å²) in [6.45, 7) is 4.35. The minimum Gasteiger partial charge on any atom is -0.0853 e. The fourth-order valence-electron chi connectivity index (χ4n) is 1.43. The van der Waals surface area contributed by atoms with Gasteiger partial charge in [-0.1, -0.05) is 24.5 Å². The van der Waals surface area contributed by atoms with Crippen LogP contribution in [0.3, 0.4) is 0 Å². The third-order valence-electron chi connectivity index (χ3n) is 2.11. The molecule has 10 heavy (non-hydrogen) atoms. The van der Waals surface area contributed by atoms with Crippen molar-refractivity contribution >= 4 is 0 Å². The molecule has 1 rings (SSSR count). The predicted octanol–water partition coefficient (Wildman–Crippen LogP) is 3.49. The van der Waals surface area contributed by atoms with E-state index in [0.29, 0.717) is 0 Å². The molecule has 0 aliphatic heterocycles. The van der Waals surface area contributed by atoms with Crippen LogP contribution in [0.1, 0.15) is 46.0 Å². The first-order valence-electron chi connectivity index (χ1n) is 4.26. The van der Waals surface area contributed by atoms with E-state index in [0.717, 1.165) is 0 Å². The van der Waals surface area contributed by atoms with Gasteiger partial charge in [-0.3, -0.25) is 0 Å². The molecule has 1 saturated carbocycles. The first-order valence-corrected chi connectivity index (χ1v) is 4.26. The molecule has 1 aliphatic carbocycles. The van der Waals surface area contributed by atoms with Gasteiger partial charge in [0, 0.05) is 0 Å². The van der Waals surface area contributed by atoms with Crippen molar-refractivity contribution in [1.29, 1.82) is 0 Å². The van der Waals surface area contributed by atoms with Gasteiger partial charge in [-0.05, 0) is 39.0 Å². The van der Waals surface area contributed by atoms with Gasteiger partial charge in [-0.15, -0.1) is 0 Å². The number of allylic oxidation sites excluding steroid dienone is 2. The molecule has 0 N–H and O–H groups in total. The molecular weight excluding hydrogens is 120 g/mol. The van der Waals surface area contributed by atoms with Crippen LogP contribution in [-0.2, 0) is 0 Å².